The van der Waals surface area contributed by atoms with Gasteiger partial charge in [-0.15, -0.1) is 12.4 Å². The van der Waals surface area contributed by atoms with Crippen LogP contribution in [0.5, 0.6) is 0 Å². The summed E-state index contributed by atoms with van der Waals surface area (Å²) in [6.07, 6.45) is 4.65. The van der Waals surface area contributed by atoms with Gasteiger partial charge >= 0.3 is 0 Å². The molecule has 0 aromatic carbocycles. The molecule has 1 aliphatic rings. The van der Waals surface area contributed by atoms with Crippen molar-refractivity contribution in [2.24, 2.45) is 0 Å². The Morgan fingerprint density at radius 1 is 1.58 bits per heavy atom. The van der Waals surface area contributed by atoms with Crippen LogP contribution in [0, 0.1) is 0 Å². The predicted molar refractivity (Wildman–Crippen MR) is 76.8 cm³/mol. The highest BCUT2D eigenvalue weighted by Gasteiger charge is 2.22. The van der Waals surface area contributed by atoms with Crippen molar-refractivity contribution in [1.82, 2.24) is 10.5 Å². The van der Waals surface area contributed by atoms with E-state index >= 15 is 0 Å². The summed E-state index contributed by atoms with van der Waals surface area (Å²) in [6, 6.07) is 1.94. The van der Waals surface area contributed by atoms with E-state index in [-0.39, 0.29) is 24.2 Å². The molecule has 108 valence electrons. The number of hydrogen-bond acceptors (Lipinski definition) is 4. The molecule has 0 radical (unpaired) electrons. The first kappa shape index (κ1) is 16.2. The average molecular weight is 287 g/mol. The van der Waals surface area contributed by atoms with E-state index in [0.29, 0.717) is 18.1 Å². The summed E-state index contributed by atoms with van der Waals surface area (Å²) in [6.45, 7) is 5.19. The third kappa shape index (κ3) is 4.32. The molecule has 0 amide bonds. The molecule has 2 rings (SSSR count). The molecular weight excluding hydrogens is 264 g/mol. The lowest BCUT2D eigenvalue weighted by atomic mass is 9.98. The zero-order chi connectivity index (χ0) is 13.0. The molecule has 1 unspecified atom stereocenters. The number of carbonyl (C=O) groups is 1. The SMILES string of the molecule is CCC(C)c1cc(CC(=O)[C@@H]2CCCCN2)on1.Cl. The highest BCUT2D eigenvalue weighted by Crippen LogP contribution is 2.19. The Morgan fingerprint density at radius 2 is 2.37 bits per heavy atom. The Labute approximate surface area is 120 Å². The van der Waals surface area contributed by atoms with Crippen molar-refractivity contribution >= 4 is 18.2 Å². The van der Waals surface area contributed by atoms with Crippen LogP contribution in [0.2, 0.25) is 0 Å². The Morgan fingerprint density at radius 3 is 3.00 bits per heavy atom. The van der Waals surface area contributed by atoms with Gasteiger partial charge in [0.15, 0.2) is 5.78 Å². The summed E-state index contributed by atoms with van der Waals surface area (Å²) in [5.74, 6) is 1.31. The quantitative estimate of drug-likeness (QED) is 0.904. The molecular formula is C14H23ClN2O2. The molecule has 1 aliphatic heterocycles. The molecule has 0 aliphatic carbocycles. The molecule has 1 saturated heterocycles. The van der Waals surface area contributed by atoms with Gasteiger partial charge in [0, 0.05) is 12.0 Å². The zero-order valence-corrected chi connectivity index (χ0v) is 12.5. The monoisotopic (exact) mass is 286 g/mol. The van der Waals surface area contributed by atoms with Crippen molar-refractivity contribution in [3.05, 3.63) is 17.5 Å². The topological polar surface area (TPSA) is 55.1 Å². The first-order valence-corrected chi connectivity index (χ1v) is 6.92. The summed E-state index contributed by atoms with van der Waals surface area (Å²) in [4.78, 5) is 12.1. The minimum atomic E-state index is 0. The number of aromatic nitrogens is 1. The van der Waals surface area contributed by atoms with Gasteiger partial charge in [0.2, 0.25) is 0 Å². The molecule has 5 heteroatoms. The number of nitrogens with zero attached hydrogens (tertiary/aromatic N) is 1. The number of halogens is 1. The zero-order valence-electron chi connectivity index (χ0n) is 11.6. The van der Waals surface area contributed by atoms with E-state index in [1.165, 1.54) is 6.42 Å². The number of hydrogen-bond donors (Lipinski definition) is 1. The summed E-state index contributed by atoms with van der Waals surface area (Å²) >= 11 is 0. The van der Waals surface area contributed by atoms with Crippen molar-refractivity contribution < 1.29 is 9.32 Å². The van der Waals surface area contributed by atoms with Gasteiger partial charge in [-0.3, -0.25) is 4.79 Å². The number of rotatable bonds is 5. The van der Waals surface area contributed by atoms with Crippen LogP contribution in [-0.4, -0.2) is 23.5 Å². The fourth-order valence-corrected chi connectivity index (χ4v) is 2.28. The smallest absolute Gasteiger partial charge is 0.157 e. The number of nitrogens with one attached hydrogen (secondary N) is 1. The van der Waals surface area contributed by atoms with Crippen LogP contribution >= 0.6 is 12.4 Å². The molecule has 19 heavy (non-hydrogen) atoms. The summed E-state index contributed by atoms with van der Waals surface area (Å²) in [7, 11) is 0. The number of piperidine rings is 1. The van der Waals surface area contributed by atoms with Gasteiger partial charge in [-0.05, 0) is 25.8 Å². The van der Waals surface area contributed by atoms with Gasteiger partial charge in [-0.1, -0.05) is 25.4 Å². The predicted octanol–water partition coefficient (Wildman–Crippen LogP) is 2.86. The van der Waals surface area contributed by atoms with E-state index < -0.39 is 0 Å². The maximum Gasteiger partial charge on any atom is 0.157 e. The van der Waals surface area contributed by atoms with E-state index in [9.17, 15) is 4.79 Å². The lowest BCUT2D eigenvalue weighted by Gasteiger charge is -2.21. The Hall–Kier alpha value is -0.870. The Balaban J connectivity index is 0.00000180. The Bertz CT molecular complexity index is 400. The third-order valence-electron chi connectivity index (χ3n) is 3.74. The van der Waals surface area contributed by atoms with Crippen LogP contribution < -0.4 is 5.32 Å². The van der Waals surface area contributed by atoms with Crippen LogP contribution in [0.25, 0.3) is 0 Å². The normalized spacial score (nSPS) is 20.6. The van der Waals surface area contributed by atoms with E-state index in [0.717, 1.165) is 31.5 Å². The lowest BCUT2D eigenvalue weighted by Crippen LogP contribution is -2.41. The number of carbonyl (C=O) groups excluding carboxylic acids is 1. The van der Waals surface area contributed by atoms with Crippen molar-refractivity contribution in [3.8, 4) is 0 Å². The summed E-state index contributed by atoms with van der Waals surface area (Å²) in [5.41, 5.74) is 0.955. The van der Waals surface area contributed by atoms with Crippen molar-refractivity contribution in [2.75, 3.05) is 6.54 Å². The standard InChI is InChI=1S/C14H22N2O2.ClH/c1-3-10(2)13-8-11(18-16-13)9-14(17)12-6-4-5-7-15-12;/h8,10,12,15H,3-7,9H2,1-2H3;1H/t10?,12-;/m0./s1. The van der Waals surface area contributed by atoms with Crippen molar-refractivity contribution in [3.63, 3.8) is 0 Å². The minimum Gasteiger partial charge on any atom is -0.361 e. The fraction of sp³-hybridized carbons (Fsp3) is 0.714. The van der Waals surface area contributed by atoms with Crippen molar-refractivity contribution in [1.29, 1.82) is 0 Å². The van der Waals surface area contributed by atoms with Crippen LogP contribution in [0.1, 0.15) is 56.9 Å². The maximum absolute atomic E-state index is 12.1. The number of ketones is 1. The van der Waals surface area contributed by atoms with Crippen LogP contribution in [0.15, 0.2) is 10.6 Å². The van der Waals surface area contributed by atoms with Gasteiger partial charge in [-0.25, -0.2) is 0 Å². The van der Waals surface area contributed by atoms with Crippen molar-refractivity contribution in [2.45, 2.75) is 57.9 Å². The average Bonchev–Trinajstić information content (AvgIpc) is 2.87. The maximum atomic E-state index is 12.1. The minimum absolute atomic E-state index is 0. The second-order valence-corrected chi connectivity index (χ2v) is 5.17. The summed E-state index contributed by atoms with van der Waals surface area (Å²) in [5, 5.41) is 7.31. The first-order chi connectivity index (χ1) is 8.70. The number of Topliss-reactive ketones (excluding diaryl/α,β-unsaturated/α-hetero) is 1. The van der Waals surface area contributed by atoms with Crippen LogP contribution in [0.4, 0.5) is 0 Å². The molecule has 2 heterocycles. The molecule has 0 spiro atoms. The van der Waals surface area contributed by atoms with Crippen LogP contribution in [-0.2, 0) is 11.2 Å². The van der Waals surface area contributed by atoms with Gasteiger partial charge in [0.25, 0.3) is 0 Å². The second-order valence-electron chi connectivity index (χ2n) is 5.17. The highest BCUT2D eigenvalue weighted by molar-refractivity contribution is 5.85. The molecule has 1 N–H and O–H groups in total. The van der Waals surface area contributed by atoms with Gasteiger partial charge in [-0.2, -0.15) is 0 Å². The molecule has 0 saturated carbocycles. The molecule has 2 atom stereocenters. The van der Waals surface area contributed by atoms with E-state index in [2.05, 4.69) is 24.3 Å². The summed E-state index contributed by atoms with van der Waals surface area (Å²) < 4.78 is 5.25. The van der Waals surface area contributed by atoms with Gasteiger partial charge in [0.05, 0.1) is 18.2 Å². The third-order valence-corrected chi connectivity index (χ3v) is 3.74. The van der Waals surface area contributed by atoms with E-state index in [1.54, 1.807) is 0 Å². The molecule has 4 nitrogen and oxygen atoms in total. The largest absolute Gasteiger partial charge is 0.361 e. The molecule has 1 aromatic rings. The van der Waals surface area contributed by atoms with E-state index in [1.807, 2.05) is 6.07 Å². The molecule has 1 fully saturated rings. The fourth-order valence-electron chi connectivity index (χ4n) is 2.28. The Kier molecular flexibility index (Phi) is 6.52. The first-order valence-electron chi connectivity index (χ1n) is 6.92. The second kappa shape index (κ2) is 7.65. The van der Waals surface area contributed by atoms with E-state index in [4.69, 9.17) is 4.52 Å². The lowest BCUT2D eigenvalue weighted by molar-refractivity contribution is -0.121. The van der Waals surface area contributed by atoms with Gasteiger partial charge in [0.1, 0.15) is 5.76 Å². The molecule has 1 aromatic heterocycles. The molecule has 0 bridgehead atoms. The highest BCUT2D eigenvalue weighted by atomic mass is 35.5. The van der Waals surface area contributed by atoms with Crippen LogP contribution in [0.3, 0.4) is 0 Å². The van der Waals surface area contributed by atoms with Gasteiger partial charge < -0.3 is 9.84 Å².